The van der Waals surface area contributed by atoms with Gasteiger partial charge in [-0.1, -0.05) is 23.4 Å². The molecule has 1 amide bonds. The molecule has 1 aromatic carbocycles. The van der Waals surface area contributed by atoms with E-state index in [2.05, 4.69) is 5.16 Å². The quantitative estimate of drug-likeness (QED) is 0.736. The molecule has 0 saturated heterocycles. The molecule has 2 aromatic heterocycles. The molecule has 0 radical (unpaired) electrons. The zero-order valence-electron chi connectivity index (χ0n) is 12.7. The summed E-state index contributed by atoms with van der Waals surface area (Å²) < 4.78 is 6.26. The van der Waals surface area contributed by atoms with Crippen LogP contribution in [0.5, 0.6) is 0 Å². The van der Waals surface area contributed by atoms with E-state index in [1.807, 2.05) is 23.6 Å². The minimum atomic E-state index is -0.516. The molecule has 0 fully saturated rings. The van der Waals surface area contributed by atoms with Crippen molar-refractivity contribution < 1.29 is 9.32 Å². The standard InChI is InChI=1S/C16H15N3O3S/c1-18(2)15(20)12-6-3-5-11(9-12)10-19-14(17-22-16(19)21)13-7-4-8-23-13/h3-9H,10H2,1-2H3. The maximum absolute atomic E-state index is 12.0. The summed E-state index contributed by atoms with van der Waals surface area (Å²) in [6.07, 6.45) is 0. The van der Waals surface area contributed by atoms with Crippen LogP contribution < -0.4 is 5.76 Å². The fraction of sp³-hybridized carbons (Fsp3) is 0.188. The Hall–Kier alpha value is -2.67. The van der Waals surface area contributed by atoms with Crippen LogP contribution in [0.4, 0.5) is 0 Å². The fourth-order valence-electron chi connectivity index (χ4n) is 2.23. The van der Waals surface area contributed by atoms with Gasteiger partial charge in [0.1, 0.15) is 0 Å². The number of nitrogens with zero attached hydrogens (tertiary/aromatic N) is 3. The highest BCUT2D eigenvalue weighted by molar-refractivity contribution is 7.13. The van der Waals surface area contributed by atoms with Crippen LogP contribution in [0, 0.1) is 0 Å². The number of hydrogen-bond donors (Lipinski definition) is 0. The van der Waals surface area contributed by atoms with E-state index in [1.165, 1.54) is 20.8 Å². The third-order valence-corrected chi connectivity index (χ3v) is 4.21. The van der Waals surface area contributed by atoms with Gasteiger partial charge in [-0.3, -0.25) is 13.9 Å². The lowest BCUT2D eigenvalue weighted by Crippen LogP contribution is -2.22. The lowest BCUT2D eigenvalue weighted by Gasteiger charge is -2.11. The Bertz CT molecular complexity index is 878. The van der Waals surface area contributed by atoms with Gasteiger partial charge in [0.2, 0.25) is 0 Å². The Morgan fingerprint density at radius 3 is 2.83 bits per heavy atom. The number of hydrogen-bond acceptors (Lipinski definition) is 5. The molecule has 0 aliphatic rings. The number of aromatic nitrogens is 2. The van der Waals surface area contributed by atoms with Crippen LogP contribution in [0.3, 0.4) is 0 Å². The average Bonchev–Trinajstić information content (AvgIpc) is 3.18. The Morgan fingerprint density at radius 1 is 1.30 bits per heavy atom. The molecule has 6 nitrogen and oxygen atoms in total. The zero-order valence-corrected chi connectivity index (χ0v) is 13.5. The van der Waals surface area contributed by atoms with Gasteiger partial charge >= 0.3 is 5.76 Å². The highest BCUT2D eigenvalue weighted by Crippen LogP contribution is 2.22. The van der Waals surface area contributed by atoms with Crippen molar-refractivity contribution in [1.29, 1.82) is 0 Å². The van der Waals surface area contributed by atoms with Crippen molar-refractivity contribution >= 4 is 17.2 Å². The van der Waals surface area contributed by atoms with E-state index in [0.29, 0.717) is 17.9 Å². The van der Waals surface area contributed by atoms with E-state index in [4.69, 9.17) is 4.52 Å². The van der Waals surface area contributed by atoms with E-state index in [0.717, 1.165) is 10.4 Å². The van der Waals surface area contributed by atoms with Gasteiger partial charge in [-0.25, -0.2) is 4.79 Å². The van der Waals surface area contributed by atoms with Crippen molar-refractivity contribution in [1.82, 2.24) is 14.6 Å². The predicted octanol–water partition coefficient (Wildman–Crippen LogP) is 2.31. The number of carbonyl (C=O) groups is 1. The summed E-state index contributed by atoms with van der Waals surface area (Å²) in [5.74, 6) is -0.102. The normalized spacial score (nSPS) is 10.7. The van der Waals surface area contributed by atoms with Crippen LogP contribution in [-0.2, 0) is 6.54 Å². The topological polar surface area (TPSA) is 68.3 Å². The van der Waals surface area contributed by atoms with Gasteiger partial charge in [-0.15, -0.1) is 11.3 Å². The molecule has 2 heterocycles. The lowest BCUT2D eigenvalue weighted by atomic mass is 10.1. The van der Waals surface area contributed by atoms with Crippen LogP contribution in [-0.4, -0.2) is 34.6 Å². The van der Waals surface area contributed by atoms with Gasteiger partial charge in [-0.05, 0) is 29.1 Å². The lowest BCUT2D eigenvalue weighted by molar-refractivity contribution is 0.0827. The minimum Gasteiger partial charge on any atom is -0.345 e. The van der Waals surface area contributed by atoms with Gasteiger partial charge in [0.05, 0.1) is 11.4 Å². The Kier molecular flexibility index (Phi) is 4.12. The molecule has 7 heteroatoms. The van der Waals surface area contributed by atoms with Crippen molar-refractivity contribution in [3.05, 3.63) is 63.5 Å². The van der Waals surface area contributed by atoms with E-state index in [-0.39, 0.29) is 5.91 Å². The Morgan fingerprint density at radius 2 is 2.13 bits per heavy atom. The molecule has 0 aliphatic carbocycles. The first-order chi connectivity index (χ1) is 11.1. The largest absolute Gasteiger partial charge is 0.442 e. The summed E-state index contributed by atoms with van der Waals surface area (Å²) in [6.45, 7) is 0.296. The molecule has 3 aromatic rings. The van der Waals surface area contributed by atoms with Crippen molar-refractivity contribution in [3.63, 3.8) is 0 Å². The molecule has 0 spiro atoms. The first-order valence-corrected chi connectivity index (χ1v) is 7.85. The number of rotatable bonds is 4. The number of benzene rings is 1. The van der Waals surface area contributed by atoms with Gasteiger partial charge in [0, 0.05) is 19.7 Å². The van der Waals surface area contributed by atoms with Gasteiger partial charge in [0.15, 0.2) is 5.82 Å². The Balaban J connectivity index is 1.95. The van der Waals surface area contributed by atoms with Gasteiger partial charge < -0.3 is 4.90 Å². The molecule has 0 unspecified atom stereocenters. The summed E-state index contributed by atoms with van der Waals surface area (Å²) >= 11 is 1.48. The van der Waals surface area contributed by atoms with Crippen molar-refractivity contribution in [2.75, 3.05) is 14.1 Å². The summed E-state index contributed by atoms with van der Waals surface area (Å²) in [7, 11) is 3.41. The average molecular weight is 329 g/mol. The van der Waals surface area contributed by atoms with E-state index in [1.54, 1.807) is 32.3 Å². The predicted molar refractivity (Wildman–Crippen MR) is 87.6 cm³/mol. The third kappa shape index (κ3) is 3.09. The van der Waals surface area contributed by atoms with Crippen LogP contribution in [0.25, 0.3) is 10.7 Å². The summed E-state index contributed by atoms with van der Waals surface area (Å²) in [5.41, 5.74) is 1.41. The fourth-order valence-corrected chi connectivity index (χ4v) is 2.95. The molecule has 0 atom stereocenters. The van der Waals surface area contributed by atoms with Crippen molar-refractivity contribution in [2.45, 2.75) is 6.54 Å². The molecule has 0 bridgehead atoms. The van der Waals surface area contributed by atoms with E-state index < -0.39 is 5.76 Å². The highest BCUT2D eigenvalue weighted by Gasteiger charge is 2.15. The molecule has 23 heavy (non-hydrogen) atoms. The number of carbonyl (C=O) groups excluding carboxylic acids is 1. The minimum absolute atomic E-state index is 0.0806. The van der Waals surface area contributed by atoms with E-state index in [9.17, 15) is 9.59 Å². The second-order valence-electron chi connectivity index (χ2n) is 5.24. The first-order valence-electron chi connectivity index (χ1n) is 6.97. The van der Waals surface area contributed by atoms with Crippen molar-refractivity contribution in [3.8, 4) is 10.7 Å². The summed E-state index contributed by atoms with van der Waals surface area (Å²) in [4.78, 5) is 26.4. The first kappa shape index (κ1) is 15.2. The maximum Gasteiger partial charge on any atom is 0.442 e. The highest BCUT2D eigenvalue weighted by atomic mass is 32.1. The Labute approximate surface area is 136 Å². The number of amides is 1. The molecule has 0 aliphatic heterocycles. The summed E-state index contributed by atoms with van der Waals surface area (Å²) in [5, 5.41) is 5.76. The molecular formula is C16H15N3O3S. The maximum atomic E-state index is 12.0. The van der Waals surface area contributed by atoms with Crippen LogP contribution in [0.15, 0.2) is 51.1 Å². The third-order valence-electron chi connectivity index (χ3n) is 3.35. The van der Waals surface area contributed by atoms with Crippen LogP contribution in [0.2, 0.25) is 0 Å². The van der Waals surface area contributed by atoms with Crippen LogP contribution >= 0.6 is 11.3 Å². The second kappa shape index (κ2) is 6.21. The van der Waals surface area contributed by atoms with Crippen molar-refractivity contribution in [2.24, 2.45) is 0 Å². The number of thiophene rings is 1. The molecular weight excluding hydrogens is 314 g/mol. The monoisotopic (exact) mass is 329 g/mol. The molecule has 0 N–H and O–H groups in total. The van der Waals surface area contributed by atoms with Gasteiger partial charge in [0.25, 0.3) is 5.91 Å². The van der Waals surface area contributed by atoms with E-state index >= 15 is 0 Å². The molecule has 3 rings (SSSR count). The van der Waals surface area contributed by atoms with Gasteiger partial charge in [-0.2, -0.15) is 0 Å². The second-order valence-corrected chi connectivity index (χ2v) is 6.18. The zero-order chi connectivity index (χ0) is 16.4. The SMILES string of the molecule is CN(C)C(=O)c1cccc(Cn2c(-c3cccs3)noc2=O)c1. The van der Waals surface area contributed by atoms with Crippen LogP contribution in [0.1, 0.15) is 15.9 Å². The smallest absolute Gasteiger partial charge is 0.345 e. The molecule has 118 valence electrons. The molecule has 0 saturated carbocycles. The summed E-state index contributed by atoms with van der Waals surface area (Å²) in [6, 6.07) is 11.0.